The Bertz CT molecular complexity index is 682. The Morgan fingerprint density at radius 2 is 1.71 bits per heavy atom. The van der Waals surface area contributed by atoms with E-state index in [1.54, 1.807) is 0 Å². The van der Waals surface area contributed by atoms with Gasteiger partial charge in [-0.2, -0.15) is 0 Å². The highest BCUT2D eigenvalue weighted by atomic mass is 35.5. The topological polar surface area (TPSA) is 66.4 Å². The average molecular weight is 366 g/mol. The van der Waals surface area contributed by atoms with Gasteiger partial charge in [0.15, 0.2) is 0 Å². The zero-order chi connectivity index (χ0) is 17.4. The van der Waals surface area contributed by atoms with Crippen molar-refractivity contribution in [1.82, 2.24) is 5.32 Å². The van der Waals surface area contributed by atoms with Crippen LogP contribution in [0.4, 0.5) is 0 Å². The van der Waals surface area contributed by atoms with Crippen LogP contribution in [-0.4, -0.2) is 23.5 Å². The fourth-order valence-electron chi connectivity index (χ4n) is 2.27. The van der Waals surface area contributed by atoms with Crippen molar-refractivity contribution in [3.05, 3.63) is 46.3 Å². The smallest absolute Gasteiger partial charge is 0.303 e. The largest absolute Gasteiger partial charge is 0.481 e. The number of amides is 1. The van der Waals surface area contributed by atoms with E-state index in [0.29, 0.717) is 22.9 Å². The summed E-state index contributed by atoms with van der Waals surface area (Å²) in [5, 5.41) is 12.1. The number of benzene rings is 1. The van der Waals surface area contributed by atoms with Crippen LogP contribution < -0.4 is 5.32 Å². The predicted molar refractivity (Wildman–Crippen MR) is 97.8 cm³/mol. The number of halogens is 1. The van der Waals surface area contributed by atoms with E-state index in [1.807, 2.05) is 36.4 Å². The van der Waals surface area contributed by atoms with Crippen LogP contribution in [-0.2, 0) is 4.79 Å². The van der Waals surface area contributed by atoms with Gasteiger partial charge >= 0.3 is 5.97 Å². The molecule has 2 N–H and O–H groups in total. The lowest BCUT2D eigenvalue weighted by Gasteiger charge is -2.03. The molecule has 1 aromatic heterocycles. The molecule has 0 bridgehead atoms. The lowest BCUT2D eigenvalue weighted by Crippen LogP contribution is -2.23. The number of hydrogen-bond acceptors (Lipinski definition) is 3. The van der Waals surface area contributed by atoms with Crippen molar-refractivity contribution in [3.8, 4) is 10.4 Å². The summed E-state index contributed by atoms with van der Waals surface area (Å²) in [6.07, 6.45) is 3.57. The van der Waals surface area contributed by atoms with Gasteiger partial charge in [-0.3, -0.25) is 9.59 Å². The summed E-state index contributed by atoms with van der Waals surface area (Å²) < 4.78 is 0. The third kappa shape index (κ3) is 5.98. The highest BCUT2D eigenvalue weighted by Gasteiger charge is 2.09. The molecule has 0 saturated carbocycles. The van der Waals surface area contributed by atoms with Crippen molar-refractivity contribution in [3.63, 3.8) is 0 Å². The van der Waals surface area contributed by atoms with Crippen molar-refractivity contribution < 1.29 is 14.7 Å². The number of carbonyl (C=O) groups is 2. The maximum atomic E-state index is 12.1. The van der Waals surface area contributed by atoms with Crippen LogP contribution in [0, 0.1) is 0 Å². The van der Waals surface area contributed by atoms with Gasteiger partial charge in [0, 0.05) is 22.9 Å². The Hall–Kier alpha value is -1.85. The molecule has 0 aliphatic heterocycles. The monoisotopic (exact) mass is 365 g/mol. The van der Waals surface area contributed by atoms with E-state index in [-0.39, 0.29) is 12.3 Å². The fraction of sp³-hybridized carbons (Fsp3) is 0.333. The van der Waals surface area contributed by atoms with Gasteiger partial charge in [-0.05, 0) is 42.7 Å². The third-order valence-electron chi connectivity index (χ3n) is 3.56. The van der Waals surface area contributed by atoms with Crippen molar-refractivity contribution in [2.75, 3.05) is 6.54 Å². The molecule has 1 aromatic carbocycles. The summed E-state index contributed by atoms with van der Waals surface area (Å²) in [4.78, 5) is 24.2. The first-order valence-electron chi connectivity index (χ1n) is 7.92. The van der Waals surface area contributed by atoms with Crippen molar-refractivity contribution in [2.24, 2.45) is 0 Å². The Kier molecular flexibility index (Phi) is 7.28. The van der Waals surface area contributed by atoms with Gasteiger partial charge < -0.3 is 10.4 Å². The molecule has 0 spiro atoms. The summed E-state index contributed by atoms with van der Waals surface area (Å²) in [7, 11) is 0. The van der Waals surface area contributed by atoms with Crippen LogP contribution in [0.2, 0.25) is 5.02 Å². The number of unbranched alkanes of at least 4 members (excludes halogenated alkanes) is 3. The normalized spacial score (nSPS) is 10.5. The van der Waals surface area contributed by atoms with E-state index in [2.05, 4.69) is 5.32 Å². The standard InChI is InChI=1S/C18H20ClNO3S/c19-14-8-6-13(7-9-14)15-10-11-16(24-15)18(23)20-12-4-2-1-3-5-17(21)22/h6-11H,1-5,12H2,(H,20,23)(H,21,22). The van der Waals surface area contributed by atoms with Crippen molar-refractivity contribution >= 4 is 34.8 Å². The van der Waals surface area contributed by atoms with Crippen LogP contribution in [0.15, 0.2) is 36.4 Å². The second kappa shape index (κ2) is 9.45. The molecule has 0 atom stereocenters. The molecule has 24 heavy (non-hydrogen) atoms. The Balaban J connectivity index is 1.73. The molecular weight excluding hydrogens is 346 g/mol. The fourth-order valence-corrected chi connectivity index (χ4v) is 3.33. The highest BCUT2D eigenvalue weighted by molar-refractivity contribution is 7.17. The average Bonchev–Trinajstić information content (AvgIpc) is 3.04. The number of carboxylic acid groups (broad SMARTS) is 1. The lowest BCUT2D eigenvalue weighted by molar-refractivity contribution is -0.137. The minimum atomic E-state index is -0.752. The van der Waals surface area contributed by atoms with Gasteiger partial charge in [0.2, 0.25) is 0 Å². The first-order chi connectivity index (χ1) is 11.6. The Morgan fingerprint density at radius 3 is 2.42 bits per heavy atom. The summed E-state index contributed by atoms with van der Waals surface area (Å²) in [5.41, 5.74) is 1.04. The van der Waals surface area contributed by atoms with Crippen LogP contribution >= 0.6 is 22.9 Å². The van der Waals surface area contributed by atoms with Gasteiger partial charge in [-0.25, -0.2) is 0 Å². The molecule has 0 aliphatic carbocycles. The second-order valence-electron chi connectivity index (χ2n) is 5.48. The molecule has 0 fully saturated rings. The molecule has 0 unspecified atom stereocenters. The molecule has 1 amide bonds. The van der Waals surface area contributed by atoms with Gasteiger partial charge in [0.05, 0.1) is 4.88 Å². The lowest BCUT2D eigenvalue weighted by atomic mass is 10.1. The van der Waals surface area contributed by atoms with Crippen LogP contribution in [0.3, 0.4) is 0 Å². The summed E-state index contributed by atoms with van der Waals surface area (Å²) in [6, 6.07) is 11.3. The molecule has 128 valence electrons. The SMILES string of the molecule is O=C(O)CCCCCCNC(=O)c1ccc(-c2ccc(Cl)cc2)s1. The number of carboxylic acids is 1. The van der Waals surface area contributed by atoms with Crippen LogP contribution in [0.25, 0.3) is 10.4 Å². The maximum Gasteiger partial charge on any atom is 0.303 e. The van der Waals surface area contributed by atoms with E-state index < -0.39 is 5.97 Å². The van der Waals surface area contributed by atoms with Gasteiger partial charge in [0.25, 0.3) is 5.91 Å². The number of thiophene rings is 1. The number of nitrogens with one attached hydrogen (secondary N) is 1. The number of rotatable bonds is 9. The second-order valence-corrected chi connectivity index (χ2v) is 7.00. The van der Waals surface area contributed by atoms with E-state index in [1.165, 1.54) is 11.3 Å². The quantitative estimate of drug-likeness (QED) is 0.625. The third-order valence-corrected chi connectivity index (χ3v) is 4.95. The number of carbonyl (C=O) groups excluding carboxylic acids is 1. The molecule has 1 heterocycles. The van der Waals surface area contributed by atoms with E-state index in [4.69, 9.17) is 16.7 Å². The summed E-state index contributed by atoms with van der Waals surface area (Å²) in [5.74, 6) is -0.816. The van der Waals surface area contributed by atoms with Gasteiger partial charge in [-0.15, -0.1) is 11.3 Å². The molecule has 0 aliphatic rings. The minimum absolute atomic E-state index is 0.0641. The highest BCUT2D eigenvalue weighted by Crippen LogP contribution is 2.28. The Morgan fingerprint density at radius 1 is 1.00 bits per heavy atom. The molecular formula is C18H20ClNO3S. The number of aliphatic carboxylic acids is 1. The molecule has 4 nitrogen and oxygen atoms in total. The van der Waals surface area contributed by atoms with Crippen molar-refractivity contribution in [2.45, 2.75) is 32.1 Å². The molecule has 6 heteroatoms. The molecule has 0 radical (unpaired) electrons. The first-order valence-corrected chi connectivity index (χ1v) is 9.11. The predicted octanol–water partition coefficient (Wildman–Crippen LogP) is 4.83. The zero-order valence-corrected chi connectivity index (χ0v) is 14.8. The molecule has 2 aromatic rings. The Labute approximate surface area is 150 Å². The summed E-state index contributed by atoms with van der Waals surface area (Å²) in [6.45, 7) is 0.611. The van der Waals surface area contributed by atoms with E-state index in [9.17, 15) is 9.59 Å². The van der Waals surface area contributed by atoms with E-state index >= 15 is 0 Å². The first kappa shape index (κ1) is 18.5. The molecule has 2 rings (SSSR count). The zero-order valence-electron chi connectivity index (χ0n) is 13.3. The maximum absolute atomic E-state index is 12.1. The van der Waals surface area contributed by atoms with Crippen LogP contribution in [0.5, 0.6) is 0 Å². The van der Waals surface area contributed by atoms with Gasteiger partial charge in [0.1, 0.15) is 0 Å². The van der Waals surface area contributed by atoms with Crippen molar-refractivity contribution in [1.29, 1.82) is 0 Å². The minimum Gasteiger partial charge on any atom is -0.481 e. The molecule has 0 saturated heterocycles. The summed E-state index contributed by atoms with van der Waals surface area (Å²) >= 11 is 7.34. The van der Waals surface area contributed by atoms with Crippen LogP contribution in [0.1, 0.15) is 41.8 Å². The van der Waals surface area contributed by atoms with E-state index in [0.717, 1.165) is 29.7 Å². The van der Waals surface area contributed by atoms with Gasteiger partial charge in [-0.1, -0.05) is 36.6 Å². The number of hydrogen-bond donors (Lipinski definition) is 2.